The molecule has 0 amide bonds. The van der Waals surface area contributed by atoms with Gasteiger partial charge in [-0.05, 0) is 26.5 Å². The van der Waals surface area contributed by atoms with Crippen LogP contribution in [0.2, 0.25) is 10.2 Å². The van der Waals surface area contributed by atoms with Crippen LogP contribution in [0.4, 0.5) is 0 Å². The average Bonchev–Trinajstić information content (AvgIpc) is 2.71. The van der Waals surface area contributed by atoms with Gasteiger partial charge in [0.25, 0.3) is 0 Å². The second kappa shape index (κ2) is 5.53. The first-order valence-corrected chi connectivity index (χ1v) is 6.57. The minimum absolute atomic E-state index is 0.530. The van der Waals surface area contributed by atoms with Crippen LogP contribution in [0.15, 0.2) is 6.07 Å². The first-order chi connectivity index (χ1) is 8.10. The lowest BCUT2D eigenvalue weighted by Crippen LogP contribution is -2.29. The van der Waals surface area contributed by atoms with E-state index in [9.17, 15) is 0 Å². The molecular formula is C12H17Cl2N3. The molecule has 0 spiro atoms. The smallest absolute Gasteiger partial charge is 0.135 e. The highest BCUT2D eigenvalue weighted by molar-refractivity contribution is 6.35. The number of nitrogens with zero attached hydrogens (tertiary/aromatic N) is 2. The van der Waals surface area contributed by atoms with Crippen LogP contribution in [0.25, 0.3) is 0 Å². The summed E-state index contributed by atoms with van der Waals surface area (Å²) in [5, 5.41) is 4.54. The molecule has 0 aliphatic carbocycles. The van der Waals surface area contributed by atoms with Crippen molar-refractivity contribution in [3.05, 3.63) is 27.5 Å². The summed E-state index contributed by atoms with van der Waals surface area (Å²) in [5.41, 5.74) is 1.80. The molecule has 0 aromatic carbocycles. The Hall–Kier alpha value is -0.350. The Balaban J connectivity index is 2.09. The van der Waals surface area contributed by atoms with E-state index in [1.54, 1.807) is 0 Å². The summed E-state index contributed by atoms with van der Waals surface area (Å²) in [6.07, 6.45) is 1.17. The zero-order valence-electron chi connectivity index (χ0n) is 10.1. The molecule has 5 heteroatoms. The Kier molecular flexibility index (Phi) is 4.26. The third-order valence-corrected chi connectivity index (χ3v) is 3.86. The van der Waals surface area contributed by atoms with Gasteiger partial charge in [-0.3, -0.25) is 4.90 Å². The van der Waals surface area contributed by atoms with Crippen molar-refractivity contribution in [1.29, 1.82) is 0 Å². The molecule has 1 N–H and O–H groups in total. The van der Waals surface area contributed by atoms with Crippen molar-refractivity contribution in [1.82, 2.24) is 15.2 Å². The van der Waals surface area contributed by atoms with E-state index >= 15 is 0 Å². The predicted molar refractivity (Wildman–Crippen MR) is 71.7 cm³/mol. The van der Waals surface area contributed by atoms with Gasteiger partial charge in [0.15, 0.2) is 0 Å². The van der Waals surface area contributed by atoms with Crippen molar-refractivity contribution < 1.29 is 0 Å². The molecule has 3 nitrogen and oxygen atoms in total. The lowest BCUT2D eigenvalue weighted by molar-refractivity contribution is 0.322. The number of likely N-dealkylation sites (N-methyl/N-ethyl adjacent to an activating group) is 1. The Morgan fingerprint density at radius 1 is 1.53 bits per heavy atom. The number of hydrogen-bond donors (Lipinski definition) is 1. The van der Waals surface area contributed by atoms with Crippen molar-refractivity contribution in [2.45, 2.75) is 25.9 Å². The van der Waals surface area contributed by atoms with Gasteiger partial charge in [-0.15, -0.1) is 0 Å². The number of hydrogen-bond acceptors (Lipinski definition) is 3. The summed E-state index contributed by atoms with van der Waals surface area (Å²) >= 11 is 12.4. The van der Waals surface area contributed by atoms with Crippen LogP contribution in [-0.4, -0.2) is 36.1 Å². The Morgan fingerprint density at radius 3 is 2.88 bits per heavy atom. The number of halogens is 2. The normalized spacial score (nSPS) is 21.1. The molecule has 1 aliphatic heterocycles. The van der Waals surface area contributed by atoms with Crippen LogP contribution >= 0.6 is 23.2 Å². The van der Waals surface area contributed by atoms with Crippen LogP contribution in [0.1, 0.15) is 17.7 Å². The van der Waals surface area contributed by atoms with E-state index in [-0.39, 0.29) is 0 Å². The van der Waals surface area contributed by atoms with Gasteiger partial charge in [-0.2, -0.15) is 0 Å². The molecule has 0 bridgehead atoms. The van der Waals surface area contributed by atoms with Crippen molar-refractivity contribution >= 4 is 23.2 Å². The highest BCUT2D eigenvalue weighted by Gasteiger charge is 2.22. The summed E-state index contributed by atoms with van der Waals surface area (Å²) < 4.78 is 0. The monoisotopic (exact) mass is 273 g/mol. The Morgan fingerprint density at radius 2 is 2.29 bits per heavy atom. The van der Waals surface area contributed by atoms with E-state index in [2.05, 4.69) is 15.2 Å². The van der Waals surface area contributed by atoms with Crippen LogP contribution < -0.4 is 5.32 Å². The molecule has 1 saturated heterocycles. The minimum Gasteiger partial charge on any atom is -0.316 e. The van der Waals surface area contributed by atoms with Crippen LogP contribution in [0, 0.1) is 6.92 Å². The predicted octanol–water partition coefficient (Wildman–Crippen LogP) is 2.49. The molecule has 2 rings (SSSR count). The fourth-order valence-electron chi connectivity index (χ4n) is 2.20. The summed E-state index contributed by atoms with van der Waals surface area (Å²) in [7, 11) is 2.00. The molecule has 0 radical (unpaired) electrons. The maximum absolute atomic E-state index is 6.22. The number of aromatic nitrogens is 1. The topological polar surface area (TPSA) is 28.2 Å². The largest absolute Gasteiger partial charge is 0.316 e. The third kappa shape index (κ3) is 3.10. The Labute approximate surface area is 112 Å². The maximum Gasteiger partial charge on any atom is 0.135 e. The molecule has 1 aromatic rings. The van der Waals surface area contributed by atoms with Crippen molar-refractivity contribution in [2.24, 2.45) is 0 Å². The number of likely N-dealkylation sites (tertiary alicyclic amines) is 1. The highest BCUT2D eigenvalue weighted by Crippen LogP contribution is 2.26. The molecule has 94 valence electrons. The van der Waals surface area contributed by atoms with Gasteiger partial charge >= 0.3 is 0 Å². The Bertz CT molecular complexity index is 386. The van der Waals surface area contributed by atoms with E-state index in [1.807, 2.05) is 20.0 Å². The summed E-state index contributed by atoms with van der Waals surface area (Å²) in [6.45, 7) is 4.79. The average molecular weight is 274 g/mol. The van der Waals surface area contributed by atoms with Gasteiger partial charge in [-0.1, -0.05) is 23.2 Å². The highest BCUT2D eigenvalue weighted by atomic mass is 35.5. The SMILES string of the molecule is CNC1CCN(Cc2c(Cl)cc(C)nc2Cl)C1. The summed E-state index contributed by atoms with van der Waals surface area (Å²) in [5.74, 6) is 0. The van der Waals surface area contributed by atoms with E-state index < -0.39 is 0 Å². The zero-order valence-corrected chi connectivity index (χ0v) is 11.6. The maximum atomic E-state index is 6.22. The zero-order chi connectivity index (χ0) is 12.4. The van der Waals surface area contributed by atoms with Gasteiger partial charge in [0, 0.05) is 42.0 Å². The van der Waals surface area contributed by atoms with Gasteiger partial charge in [0.05, 0.1) is 0 Å². The van der Waals surface area contributed by atoms with E-state index in [0.29, 0.717) is 11.2 Å². The van der Waals surface area contributed by atoms with Crippen molar-refractivity contribution in [3.63, 3.8) is 0 Å². The molecule has 1 aliphatic rings. The third-order valence-electron chi connectivity index (χ3n) is 3.21. The lowest BCUT2D eigenvalue weighted by atomic mass is 10.2. The van der Waals surface area contributed by atoms with Crippen LogP contribution in [0.5, 0.6) is 0 Å². The van der Waals surface area contributed by atoms with Gasteiger partial charge in [0.1, 0.15) is 5.15 Å². The van der Waals surface area contributed by atoms with E-state index in [0.717, 1.165) is 35.9 Å². The summed E-state index contributed by atoms with van der Waals surface area (Å²) in [4.78, 5) is 6.61. The molecule has 2 heterocycles. The van der Waals surface area contributed by atoms with Crippen LogP contribution in [-0.2, 0) is 6.54 Å². The number of pyridine rings is 1. The molecule has 0 saturated carbocycles. The van der Waals surface area contributed by atoms with Gasteiger partial charge < -0.3 is 5.32 Å². The molecule has 1 unspecified atom stereocenters. The summed E-state index contributed by atoms with van der Waals surface area (Å²) in [6, 6.07) is 2.44. The standard InChI is InChI=1S/C12H17Cl2N3/c1-8-5-11(13)10(12(14)16-8)7-17-4-3-9(6-17)15-2/h5,9,15H,3-4,6-7H2,1-2H3. The lowest BCUT2D eigenvalue weighted by Gasteiger charge is -2.17. The first kappa shape index (κ1) is 13.1. The first-order valence-electron chi connectivity index (χ1n) is 5.81. The second-order valence-corrected chi connectivity index (χ2v) is 5.29. The fourth-order valence-corrected chi connectivity index (χ4v) is 2.85. The van der Waals surface area contributed by atoms with E-state index in [1.165, 1.54) is 6.42 Å². The fraction of sp³-hybridized carbons (Fsp3) is 0.583. The number of aryl methyl sites for hydroxylation is 1. The van der Waals surface area contributed by atoms with Crippen molar-refractivity contribution in [2.75, 3.05) is 20.1 Å². The van der Waals surface area contributed by atoms with Gasteiger partial charge in [-0.25, -0.2) is 4.98 Å². The molecule has 17 heavy (non-hydrogen) atoms. The molecule has 1 fully saturated rings. The minimum atomic E-state index is 0.530. The van der Waals surface area contributed by atoms with Crippen LogP contribution in [0.3, 0.4) is 0 Å². The molecule has 1 aromatic heterocycles. The second-order valence-electron chi connectivity index (χ2n) is 4.52. The quantitative estimate of drug-likeness (QED) is 0.858. The number of rotatable bonds is 3. The molecular weight excluding hydrogens is 257 g/mol. The van der Waals surface area contributed by atoms with Crippen molar-refractivity contribution in [3.8, 4) is 0 Å². The molecule has 1 atom stereocenters. The van der Waals surface area contributed by atoms with E-state index in [4.69, 9.17) is 23.2 Å². The number of nitrogens with one attached hydrogen (secondary N) is 1. The van der Waals surface area contributed by atoms with Gasteiger partial charge in [0.2, 0.25) is 0 Å².